The van der Waals surface area contributed by atoms with Crippen molar-refractivity contribution in [3.05, 3.63) is 29.8 Å². The minimum Gasteiger partial charge on any atom is -0.399 e. The van der Waals surface area contributed by atoms with Crippen LogP contribution in [0.1, 0.15) is 32.4 Å². The molecule has 1 unspecified atom stereocenters. The van der Waals surface area contributed by atoms with Gasteiger partial charge in [0.2, 0.25) is 5.91 Å². The summed E-state index contributed by atoms with van der Waals surface area (Å²) in [6, 6.07) is 8.11. The molecule has 1 aromatic carbocycles. The summed E-state index contributed by atoms with van der Waals surface area (Å²) in [6.45, 7) is 6.44. The van der Waals surface area contributed by atoms with E-state index in [4.69, 9.17) is 11.5 Å². The second kappa shape index (κ2) is 5.68. The van der Waals surface area contributed by atoms with Gasteiger partial charge < -0.3 is 11.5 Å². The van der Waals surface area contributed by atoms with E-state index < -0.39 is 0 Å². The summed E-state index contributed by atoms with van der Waals surface area (Å²) in [5, 5.41) is 0. The summed E-state index contributed by atoms with van der Waals surface area (Å²) in [4.78, 5) is 13.1. The molecule has 0 aliphatic heterocycles. The smallest absolute Gasteiger partial charge is 0.231 e. The summed E-state index contributed by atoms with van der Waals surface area (Å²) < 4.78 is 0. The molecule has 1 amide bonds. The van der Waals surface area contributed by atoms with Crippen molar-refractivity contribution in [3.63, 3.8) is 0 Å². The van der Waals surface area contributed by atoms with E-state index in [0.717, 1.165) is 11.3 Å². The fourth-order valence-electron chi connectivity index (χ4n) is 1.91. The first-order valence-corrected chi connectivity index (χ1v) is 5.81. The standard InChI is InChI=1S/C13H21N3O/c1-9(2)16(8-13(15)17)10(3)11-4-6-12(14)7-5-11/h4-7,9-10H,8,14H2,1-3H3,(H2,15,17). The molecule has 1 atom stereocenters. The molecule has 1 rings (SSSR count). The average molecular weight is 235 g/mol. The normalized spacial score (nSPS) is 13.0. The van der Waals surface area contributed by atoms with E-state index in [1.165, 1.54) is 0 Å². The largest absolute Gasteiger partial charge is 0.399 e. The maximum atomic E-state index is 11.1. The van der Waals surface area contributed by atoms with Crippen molar-refractivity contribution < 1.29 is 4.79 Å². The lowest BCUT2D eigenvalue weighted by Crippen LogP contribution is -2.40. The molecule has 0 aliphatic rings. The average Bonchev–Trinajstić information content (AvgIpc) is 2.25. The van der Waals surface area contributed by atoms with Gasteiger partial charge in [0.05, 0.1) is 6.54 Å². The fraction of sp³-hybridized carbons (Fsp3) is 0.462. The number of nitrogens with zero attached hydrogens (tertiary/aromatic N) is 1. The van der Waals surface area contributed by atoms with Crippen LogP contribution in [-0.2, 0) is 4.79 Å². The van der Waals surface area contributed by atoms with Gasteiger partial charge in [-0.1, -0.05) is 12.1 Å². The summed E-state index contributed by atoms with van der Waals surface area (Å²) in [5.41, 5.74) is 12.8. The lowest BCUT2D eigenvalue weighted by Gasteiger charge is -2.31. The number of anilines is 1. The maximum absolute atomic E-state index is 11.1. The van der Waals surface area contributed by atoms with Gasteiger partial charge in [0, 0.05) is 17.8 Å². The number of carbonyl (C=O) groups excluding carboxylic acids is 1. The summed E-state index contributed by atoms with van der Waals surface area (Å²) in [6.07, 6.45) is 0. The van der Waals surface area contributed by atoms with Crippen LogP contribution in [0, 0.1) is 0 Å². The lowest BCUT2D eigenvalue weighted by molar-refractivity contribution is -0.120. The van der Waals surface area contributed by atoms with Crippen molar-refractivity contribution in [2.75, 3.05) is 12.3 Å². The van der Waals surface area contributed by atoms with Crippen LogP contribution in [-0.4, -0.2) is 23.4 Å². The Kier molecular flexibility index (Phi) is 4.52. The molecule has 4 heteroatoms. The molecular weight excluding hydrogens is 214 g/mol. The highest BCUT2D eigenvalue weighted by molar-refractivity contribution is 5.76. The van der Waals surface area contributed by atoms with Crippen LogP contribution in [0.15, 0.2) is 24.3 Å². The second-order valence-electron chi connectivity index (χ2n) is 4.58. The zero-order chi connectivity index (χ0) is 13.0. The van der Waals surface area contributed by atoms with Crippen LogP contribution in [0.5, 0.6) is 0 Å². The molecule has 0 fully saturated rings. The van der Waals surface area contributed by atoms with E-state index in [1.807, 2.05) is 24.3 Å². The Hall–Kier alpha value is -1.55. The van der Waals surface area contributed by atoms with Crippen molar-refractivity contribution in [1.82, 2.24) is 4.90 Å². The molecule has 94 valence electrons. The molecule has 0 aromatic heterocycles. The highest BCUT2D eigenvalue weighted by Crippen LogP contribution is 2.22. The van der Waals surface area contributed by atoms with Gasteiger partial charge in [0.15, 0.2) is 0 Å². The highest BCUT2D eigenvalue weighted by Gasteiger charge is 2.20. The van der Waals surface area contributed by atoms with Gasteiger partial charge in [0.25, 0.3) is 0 Å². The van der Waals surface area contributed by atoms with E-state index in [1.54, 1.807) is 0 Å². The molecular formula is C13H21N3O. The Morgan fingerprint density at radius 1 is 1.24 bits per heavy atom. The number of nitrogen functional groups attached to an aromatic ring is 1. The Bertz CT molecular complexity index is 373. The quantitative estimate of drug-likeness (QED) is 0.760. The van der Waals surface area contributed by atoms with Crippen LogP contribution in [0.3, 0.4) is 0 Å². The van der Waals surface area contributed by atoms with Crippen molar-refractivity contribution >= 4 is 11.6 Å². The van der Waals surface area contributed by atoms with Crippen LogP contribution in [0.4, 0.5) is 5.69 Å². The highest BCUT2D eigenvalue weighted by atomic mass is 16.1. The van der Waals surface area contributed by atoms with Gasteiger partial charge in [-0.25, -0.2) is 0 Å². The molecule has 0 radical (unpaired) electrons. The van der Waals surface area contributed by atoms with Gasteiger partial charge in [-0.15, -0.1) is 0 Å². The molecule has 17 heavy (non-hydrogen) atoms. The van der Waals surface area contributed by atoms with Gasteiger partial charge in [-0.3, -0.25) is 9.69 Å². The van der Waals surface area contributed by atoms with Crippen LogP contribution < -0.4 is 11.5 Å². The number of rotatable bonds is 5. The summed E-state index contributed by atoms with van der Waals surface area (Å²) in [7, 11) is 0. The van der Waals surface area contributed by atoms with Crippen LogP contribution in [0.2, 0.25) is 0 Å². The van der Waals surface area contributed by atoms with Gasteiger partial charge >= 0.3 is 0 Å². The zero-order valence-electron chi connectivity index (χ0n) is 10.7. The van der Waals surface area contributed by atoms with Crippen molar-refractivity contribution in [1.29, 1.82) is 0 Å². The molecule has 0 bridgehead atoms. The number of benzene rings is 1. The first-order chi connectivity index (χ1) is 7.91. The van der Waals surface area contributed by atoms with E-state index in [0.29, 0.717) is 0 Å². The number of amides is 1. The first-order valence-electron chi connectivity index (χ1n) is 5.81. The summed E-state index contributed by atoms with van der Waals surface area (Å²) in [5.74, 6) is -0.305. The number of primary amides is 1. The molecule has 0 aliphatic carbocycles. The van der Waals surface area contributed by atoms with Gasteiger partial charge in [-0.2, -0.15) is 0 Å². The minimum atomic E-state index is -0.305. The van der Waals surface area contributed by atoms with Crippen molar-refractivity contribution in [3.8, 4) is 0 Å². The molecule has 4 nitrogen and oxygen atoms in total. The Morgan fingerprint density at radius 3 is 2.18 bits per heavy atom. The lowest BCUT2D eigenvalue weighted by atomic mass is 10.0. The first kappa shape index (κ1) is 13.5. The van der Waals surface area contributed by atoms with E-state index in [9.17, 15) is 4.79 Å². The zero-order valence-corrected chi connectivity index (χ0v) is 10.7. The Balaban J connectivity index is 2.87. The number of nitrogens with two attached hydrogens (primary N) is 2. The third kappa shape index (κ3) is 3.75. The topological polar surface area (TPSA) is 72.3 Å². The molecule has 4 N–H and O–H groups in total. The predicted octanol–water partition coefficient (Wildman–Crippen LogP) is 1.53. The second-order valence-corrected chi connectivity index (χ2v) is 4.58. The van der Waals surface area contributed by atoms with Gasteiger partial charge in [-0.05, 0) is 38.5 Å². The van der Waals surface area contributed by atoms with Crippen LogP contribution in [0.25, 0.3) is 0 Å². The molecule has 1 aromatic rings. The number of hydrogen-bond acceptors (Lipinski definition) is 3. The predicted molar refractivity (Wildman–Crippen MR) is 70.3 cm³/mol. The molecule has 0 saturated heterocycles. The van der Waals surface area contributed by atoms with Gasteiger partial charge in [0.1, 0.15) is 0 Å². The molecule has 0 spiro atoms. The van der Waals surface area contributed by atoms with Crippen molar-refractivity contribution in [2.24, 2.45) is 5.73 Å². The molecule has 0 heterocycles. The summed E-state index contributed by atoms with van der Waals surface area (Å²) >= 11 is 0. The number of carbonyl (C=O) groups is 1. The van der Waals surface area contributed by atoms with Crippen LogP contribution >= 0.6 is 0 Å². The van der Waals surface area contributed by atoms with E-state index in [-0.39, 0.29) is 24.5 Å². The third-order valence-corrected chi connectivity index (χ3v) is 2.92. The number of hydrogen-bond donors (Lipinski definition) is 2. The van der Waals surface area contributed by atoms with E-state index >= 15 is 0 Å². The Morgan fingerprint density at radius 2 is 1.76 bits per heavy atom. The third-order valence-electron chi connectivity index (χ3n) is 2.92. The maximum Gasteiger partial charge on any atom is 0.231 e. The molecule has 0 saturated carbocycles. The van der Waals surface area contributed by atoms with E-state index in [2.05, 4.69) is 25.7 Å². The minimum absolute atomic E-state index is 0.142. The SMILES string of the molecule is CC(C)N(CC(N)=O)C(C)c1ccc(N)cc1. The fourth-order valence-corrected chi connectivity index (χ4v) is 1.91. The van der Waals surface area contributed by atoms with Crippen molar-refractivity contribution in [2.45, 2.75) is 32.9 Å². The Labute approximate surface area is 103 Å². The monoisotopic (exact) mass is 235 g/mol.